The molecule has 59 heavy (non-hydrogen) atoms. The van der Waals surface area contributed by atoms with Crippen molar-refractivity contribution in [1.82, 2.24) is 25.1 Å². The van der Waals surface area contributed by atoms with Crippen LogP contribution in [0.2, 0.25) is 0 Å². The monoisotopic (exact) mass is 831 g/mol. The highest BCUT2D eigenvalue weighted by atomic mass is 16.7. The summed E-state index contributed by atoms with van der Waals surface area (Å²) in [6.07, 6.45) is 22.8. The van der Waals surface area contributed by atoms with E-state index in [-0.39, 0.29) is 34.2 Å². The highest BCUT2D eigenvalue weighted by molar-refractivity contribution is 5.43. The van der Waals surface area contributed by atoms with Gasteiger partial charge in [-0.05, 0) is 126 Å². The topological polar surface area (TPSA) is 120 Å². The summed E-state index contributed by atoms with van der Waals surface area (Å²) in [6, 6.07) is 0.376. The van der Waals surface area contributed by atoms with Crippen LogP contribution in [0.4, 0.5) is 17.8 Å². The summed E-state index contributed by atoms with van der Waals surface area (Å²) in [5.74, 6) is 2.46. The van der Waals surface area contributed by atoms with Crippen molar-refractivity contribution < 1.29 is 14.8 Å². The van der Waals surface area contributed by atoms with Gasteiger partial charge < -0.3 is 21.1 Å². The fourth-order valence-corrected chi connectivity index (χ4v) is 10.7. The molecule has 0 aliphatic carbocycles. The molecule has 0 radical (unpaired) electrons. The number of unbranched alkanes of at least 4 members (excludes halogenated alkanes) is 10. The van der Waals surface area contributed by atoms with Crippen molar-refractivity contribution in [2.75, 3.05) is 35.7 Å². The van der Waals surface area contributed by atoms with E-state index >= 15 is 0 Å². The van der Waals surface area contributed by atoms with Crippen LogP contribution in [0.15, 0.2) is 0 Å². The first-order chi connectivity index (χ1) is 27.9. The van der Waals surface area contributed by atoms with E-state index < -0.39 is 6.10 Å². The average Bonchev–Trinajstić information content (AvgIpc) is 3.13. The van der Waals surface area contributed by atoms with Gasteiger partial charge in [0.2, 0.25) is 17.8 Å². The van der Waals surface area contributed by atoms with Crippen LogP contribution in [-0.4, -0.2) is 90.3 Å². The Hall–Kier alpha value is -1.79. The van der Waals surface area contributed by atoms with Crippen LogP contribution in [0.5, 0.6) is 0 Å². The zero-order valence-electron chi connectivity index (χ0n) is 40.6. The zero-order chi connectivity index (χ0) is 43.7. The maximum absolute atomic E-state index is 10.2. The van der Waals surface area contributed by atoms with E-state index in [2.05, 4.69) is 109 Å². The van der Waals surface area contributed by atoms with E-state index in [1.165, 1.54) is 64.2 Å². The number of aliphatic hydroxyl groups excluding tert-OH is 1. The van der Waals surface area contributed by atoms with Gasteiger partial charge in [0, 0.05) is 40.8 Å². The van der Waals surface area contributed by atoms with Gasteiger partial charge in [-0.3, -0.25) is 9.68 Å². The number of hydrogen-bond acceptors (Lipinski definition) is 11. The molecule has 11 heteroatoms. The van der Waals surface area contributed by atoms with Gasteiger partial charge in [0.25, 0.3) is 0 Å². The molecule has 344 valence electrons. The molecule has 11 nitrogen and oxygen atoms in total. The number of piperidine rings is 2. The molecule has 2 fully saturated rings. The lowest BCUT2D eigenvalue weighted by Gasteiger charge is -2.55. The number of aromatic nitrogens is 3. The third-order valence-electron chi connectivity index (χ3n) is 12.8. The summed E-state index contributed by atoms with van der Waals surface area (Å²) >= 11 is 0. The predicted molar refractivity (Wildman–Crippen MR) is 249 cm³/mol. The molecule has 2 saturated heterocycles. The smallest absolute Gasteiger partial charge is 0.229 e. The first-order valence-corrected chi connectivity index (χ1v) is 24.5. The van der Waals surface area contributed by atoms with Crippen molar-refractivity contribution in [3.05, 3.63) is 0 Å². The van der Waals surface area contributed by atoms with Crippen molar-refractivity contribution in [3.8, 4) is 0 Å². The highest BCUT2D eigenvalue weighted by Gasteiger charge is 2.49. The van der Waals surface area contributed by atoms with E-state index in [0.717, 1.165) is 77.4 Å². The number of hydrogen-bond donors (Lipinski definition) is 4. The van der Waals surface area contributed by atoms with Gasteiger partial charge in [-0.25, -0.2) is 0 Å². The summed E-state index contributed by atoms with van der Waals surface area (Å²) < 4.78 is 0. The number of anilines is 3. The predicted octanol–water partition coefficient (Wildman–Crippen LogP) is 11.9. The van der Waals surface area contributed by atoms with Gasteiger partial charge in [-0.2, -0.15) is 25.1 Å². The molecule has 3 heterocycles. The molecule has 0 aromatic carbocycles. The first kappa shape index (κ1) is 51.6. The molecule has 0 amide bonds. The Labute approximate surface area is 363 Å². The molecule has 1 aromatic heterocycles. The van der Waals surface area contributed by atoms with Crippen LogP contribution in [-0.2, 0) is 9.68 Å². The quantitative estimate of drug-likeness (QED) is 0.0578. The summed E-state index contributed by atoms with van der Waals surface area (Å²) in [7, 11) is 0. The van der Waals surface area contributed by atoms with Crippen LogP contribution >= 0.6 is 0 Å². The summed E-state index contributed by atoms with van der Waals surface area (Å²) in [6.45, 7) is 31.5. The van der Waals surface area contributed by atoms with Crippen molar-refractivity contribution in [3.63, 3.8) is 0 Å². The van der Waals surface area contributed by atoms with Gasteiger partial charge in [-0.15, -0.1) is 0 Å². The first-order valence-electron chi connectivity index (χ1n) is 24.5. The minimum atomic E-state index is -0.531. The Morgan fingerprint density at radius 1 is 0.542 bits per heavy atom. The Morgan fingerprint density at radius 2 is 0.881 bits per heavy atom. The second-order valence-electron chi connectivity index (χ2n) is 21.0. The number of rotatable bonds is 29. The summed E-state index contributed by atoms with van der Waals surface area (Å²) in [4.78, 5) is 28.2. The number of nitrogens with one attached hydrogen (secondary N) is 3. The van der Waals surface area contributed by atoms with Crippen LogP contribution in [0, 0.1) is 11.8 Å². The van der Waals surface area contributed by atoms with Crippen LogP contribution in [0.3, 0.4) is 0 Å². The maximum Gasteiger partial charge on any atom is 0.229 e. The van der Waals surface area contributed by atoms with E-state index in [1.807, 2.05) is 0 Å². The number of nitrogens with zero attached hydrogens (tertiary/aromatic N) is 5. The molecule has 2 aliphatic heterocycles. The van der Waals surface area contributed by atoms with Gasteiger partial charge >= 0.3 is 0 Å². The highest BCUT2D eigenvalue weighted by Crippen LogP contribution is 2.45. The minimum Gasteiger partial charge on any atom is -0.392 e. The number of aliphatic hydroxyl groups is 1. The lowest BCUT2D eigenvalue weighted by Crippen LogP contribution is -2.62. The van der Waals surface area contributed by atoms with Gasteiger partial charge in [0.1, 0.15) is 0 Å². The second kappa shape index (κ2) is 24.7. The fourth-order valence-electron chi connectivity index (χ4n) is 10.7. The lowest BCUT2D eigenvalue weighted by molar-refractivity contribution is -0.289. The summed E-state index contributed by atoms with van der Waals surface area (Å²) in [5.41, 5.74) is -0.493. The SMILES string of the molecule is CCCCCCCCON1C(C)(C)CC(C(CCC)Nc2nc(NCC(C)O)nc(NC(CCC)C3CC(C)(C)N(OCCCCCCCC)C(C)(C)C3)n2)CC1(C)C. The standard InChI is InChI=1S/C48H94N8O3/c1-14-18-20-22-24-26-30-58-55-45(6,7)32-38(33-46(55,8)9)40(28-16-3)50-43-52-42(49-36-37(5)57)53-44(54-43)51-41(29-17-4)39-34-47(10,11)56(48(12,13)35-39)59-31-27-25-23-21-19-15-2/h37-41,57H,14-36H2,1-13H3,(H3,49,50,51,52,53,54). The van der Waals surface area contributed by atoms with Crippen LogP contribution in [0.25, 0.3) is 0 Å². The Morgan fingerprint density at radius 3 is 1.22 bits per heavy atom. The minimum absolute atomic E-state index is 0.123. The van der Waals surface area contributed by atoms with Gasteiger partial charge in [-0.1, -0.05) is 105 Å². The molecule has 0 bridgehead atoms. The molecular formula is C48H94N8O3. The fraction of sp³-hybridized carbons (Fsp3) is 0.938. The van der Waals surface area contributed by atoms with Crippen LogP contribution in [0.1, 0.15) is 218 Å². The molecule has 0 spiro atoms. The molecule has 2 aliphatic rings. The molecule has 3 rings (SSSR count). The normalized spacial score (nSPS) is 21.3. The Balaban J connectivity index is 1.79. The molecular weight excluding hydrogens is 737 g/mol. The van der Waals surface area contributed by atoms with Crippen molar-refractivity contribution in [2.24, 2.45) is 11.8 Å². The van der Waals surface area contributed by atoms with E-state index in [1.54, 1.807) is 6.92 Å². The second-order valence-corrected chi connectivity index (χ2v) is 21.0. The van der Waals surface area contributed by atoms with Crippen molar-refractivity contribution in [2.45, 2.75) is 259 Å². The van der Waals surface area contributed by atoms with E-state index in [4.69, 9.17) is 24.6 Å². The molecule has 1 aromatic rings. The maximum atomic E-state index is 10.2. The third kappa shape index (κ3) is 16.8. The molecule has 4 N–H and O–H groups in total. The Kier molecular flexibility index (Phi) is 21.6. The molecule has 0 saturated carbocycles. The molecule has 3 atom stereocenters. The van der Waals surface area contributed by atoms with E-state index in [9.17, 15) is 5.11 Å². The zero-order valence-corrected chi connectivity index (χ0v) is 40.6. The lowest BCUT2D eigenvalue weighted by atomic mass is 9.71. The number of hydroxylamine groups is 4. The van der Waals surface area contributed by atoms with Crippen LogP contribution < -0.4 is 16.0 Å². The van der Waals surface area contributed by atoms with Gasteiger partial charge in [0.15, 0.2) is 0 Å². The average molecular weight is 831 g/mol. The van der Waals surface area contributed by atoms with Crippen molar-refractivity contribution in [1.29, 1.82) is 0 Å². The Bertz CT molecular complexity index is 1180. The molecule has 3 unspecified atom stereocenters. The van der Waals surface area contributed by atoms with E-state index in [0.29, 0.717) is 36.2 Å². The van der Waals surface area contributed by atoms with Gasteiger partial charge in [0.05, 0.1) is 19.3 Å². The largest absolute Gasteiger partial charge is 0.392 e. The third-order valence-corrected chi connectivity index (χ3v) is 12.8. The van der Waals surface area contributed by atoms with Crippen molar-refractivity contribution >= 4 is 17.8 Å². The summed E-state index contributed by atoms with van der Waals surface area (Å²) in [5, 5.41) is 25.8.